The summed E-state index contributed by atoms with van der Waals surface area (Å²) in [5.41, 5.74) is 0.967. The Kier molecular flexibility index (Phi) is 2.70. The number of carbonyl (C=O) groups is 1. The van der Waals surface area contributed by atoms with Crippen molar-refractivity contribution >= 4 is 17.0 Å². The number of aromatic carboxylic acids is 1. The largest absolute Gasteiger partial charge is 0.476 e. The first-order valence-corrected chi connectivity index (χ1v) is 6.20. The minimum Gasteiger partial charge on any atom is -0.476 e. The van der Waals surface area contributed by atoms with Gasteiger partial charge in [-0.1, -0.05) is 19.3 Å². The number of nitrogens with one attached hydrogen (secondary N) is 1. The van der Waals surface area contributed by atoms with E-state index < -0.39 is 5.97 Å². The zero-order valence-corrected chi connectivity index (χ0v) is 9.89. The van der Waals surface area contributed by atoms with E-state index in [4.69, 9.17) is 5.11 Å². The quantitative estimate of drug-likeness (QED) is 0.846. The standard InChI is InChI=1S/C12H14N4O2/c17-12(18)10-9-8(15-16-10)6-13-11(14-9)7-4-2-1-3-5-7/h6-7H,1-5H2,(H,15,16)(H,17,18). The smallest absolute Gasteiger partial charge is 0.358 e. The first-order chi connectivity index (χ1) is 8.75. The lowest BCUT2D eigenvalue weighted by atomic mass is 9.89. The van der Waals surface area contributed by atoms with Crippen LogP contribution in [0, 0.1) is 0 Å². The zero-order valence-electron chi connectivity index (χ0n) is 9.89. The fourth-order valence-corrected chi connectivity index (χ4v) is 2.53. The SMILES string of the molecule is O=C(O)c1n[nH]c2cnc(C3CCCCC3)nc12. The summed E-state index contributed by atoms with van der Waals surface area (Å²) in [5, 5.41) is 15.4. The number of fused-ring (bicyclic) bond motifs is 1. The lowest BCUT2D eigenvalue weighted by molar-refractivity contribution is 0.0692. The average molecular weight is 246 g/mol. The molecule has 2 N–H and O–H groups in total. The first kappa shape index (κ1) is 11.1. The number of aromatic amines is 1. The van der Waals surface area contributed by atoms with Crippen LogP contribution < -0.4 is 0 Å². The molecule has 2 heterocycles. The third-order valence-electron chi connectivity index (χ3n) is 3.49. The molecule has 6 nitrogen and oxygen atoms in total. The second kappa shape index (κ2) is 4.36. The molecule has 3 rings (SSSR count). The summed E-state index contributed by atoms with van der Waals surface area (Å²) < 4.78 is 0. The van der Waals surface area contributed by atoms with Crippen molar-refractivity contribution in [2.75, 3.05) is 0 Å². The van der Waals surface area contributed by atoms with E-state index in [0.717, 1.165) is 18.7 Å². The number of nitrogens with zero attached hydrogens (tertiary/aromatic N) is 3. The van der Waals surface area contributed by atoms with Crippen molar-refractivity contribution in [2.24, 2.45) is 0 Å². The van der Waals surface area contributed by atoms with Gasteiger partial charge in [0.25, 0.3) is 0 Å². The van der Waals surface area contributed by atoms with Gasteiger partial charge in [0.15, 0.2) is 5.69 Å². The molecule has 0 aromatic carbocycles. The Balaban J connectivity index is 2.03. The van der Waals surface area contributed by atoms with Crippen LogP contribution in [0.4, 0.5) is 0 Å². The van der Waals surface area contributed by atoms with Crippen LogP contribution in [-0.2, 0) is 0 Å². The summed E-state index contributed by atoms with van der Waals surface area (Å²) >= 11 is 0. The van der Waals surface area contributed by atoms with Gasteiger partial charge in [-0.3, -0.25) is 5.10 Å². The topological polar surface area (TPSA) is 91.8 Å². The monoisotopic (exact) mass is 246 g/mol. The minimum absolute atomic E-state index is 0.0236. The second-order valence-corrected chi connectivity index (χ2v) is 4.70. The van der Waals surface area contributed by atoms with Gasteiger partial charge in [0.2, 0.25) is 0 Å². The Bertz CT molecular complexity index is 587. The summed E-state index contributed by atoms with van der Waals surface area (Å²) in [5.74, 6) is 0.0559. The molecule has 2 aromatic heterocycles. The Morgan fingerprint density at radius 1 is 1.33 bits per heavy atom. The molecule has 1 fully saturated rings. The van der Waals surface area contributed by atoms with Crippen molar-refractivity contribution in [3.05, 3.63) is 17.7 Å². The molecule has 94 valence electrons. The van der Waals surface area contributed by atoms with E-state index in [9.17, 15) is 4.79 Å². The fourth-order valence-electron chi connectivity index (χ4n) is 2.53. The maximum Gasteiger partial charge on any atom is 0.358 e. The van der Waals surface area contributed by atoms with E-state index in [0.29, 0.717) is 17.0 Å². The molecular formula is C12H14N4O2. The first-order valence-electron chi connectivity index (χ1n) is 6.20. The van der Waals surface area contributed by atoms with Crippen LogP contribution in [0.5, 0.6) is 0 Å². The number of hydrogen-bond acceptors (Lipinski definition) is 4. The minimum atomic E-state index is -1.06. The highest BCUT2D eigenvalue weighted by atomic mass is 16.4. The number of hydrogen-bond donors (Lipinski definition) is 2. The molecule has 2 aromatic rings. The van der Waals surface area contributed by atoms with Crippen LogP contribution in [0.2, 0.25) is 0 Å². The van der Waals surface area contributed by atoms with Gasteiger partial charge in [0.05, 0.1) is 6.20 Å². The molecule has 18 heavy (non-hydrogen) atoms. The molecule has 1 aliphatic carbocycles. The van der Waals surface area contributed by atoms with E-state index in [1.54, 1.807) is 6.20 Å². The average Bonchev–Trinajstić information content (AvgIpc) is 2.82. The van der Waals surface area contributed by atoms with Gasteiger partial charge in [-0.25, -0.2) is 14.8 Å². The van der Waals surface area contributed by atoms with Gasteiger partial charge in [0.1, 0.15) is 16.9 Å². The number of carboxylic acid groups (broad SMARTS) is 1. The summed E-state index contributed by atoms with van der Waals surface area (Å²) in [6.07, 6.45) is 7.47. The highest BCUT2D eigenvalue weighted by Gasteiger charge is 2.21. The van der Waals surface area contributed by atoms with Gasteiger partial charge in [-0.05, 0) is 12.8 Å². The van der Waals surface area contributed by atoms with Crippen molar-refractivity contribution in [2.45, 2.75) is 38.0 Å². The van der Waals surface area contributed by atoms with E-state index in [1.807, 2.05) is 0 Å². The number of rotatable bonds is 2. The van der Waals surface area contributed by atoms with Gasteiger partial charge in [-0.15, -0.1) is 0 Å². The van der Waals surface area contributed by atoms with Crippen LogP contribution in [-0.4, -0.2) is 31.2 Å². The molecule has 0 unspecified atom stereocenters. The summed E-state index contributed by atoms with van der Waals surface area (Å²) in [7, 11) is 0. The number of aromatic nitrogens is 4. The maximum absolute atomic E-state index is 11.0. The van der Waals surface area contributed by atoms with Crippen LogP contribution in [0.1, 0.15) is 54.3 Å². The van der Waals surface area contributed by atoms with Gasteiger partial charge in [-0.2, -0.15) is 5.10 Å². The second-order valence-electron chi connectivity index (χ2n) is 4.70. The number of H-pyrrole nitrogens is 1. The van der Waals surface area contributed by atoms with Gasteiger partial charge >= 0.3 is 5.97 Å². The predicted molar refractivity (Wildman–Crippen MR) is 64.5 cm³/mol. The van der Waals surface area contributed by atoms with E-state index >= 15 is 0 Å². The van der Waals surface area contributed by atoms with Crippen LogP contribution >= 0.6 is 0 Å². The molecule has 0 aliphatic heterocycles. The third-order valence-corrected chi connectivity index (χ3v) is 3.49. The highest BCUT2D eigenvalue weighted by molar-refractivity contribution is 5.98. The Morgan fingerprint density at radius 2 is 2.11 bits per heavy atom. The van der Waals surface area contributed by atoms with E-state index in [-0.39, 0.29) is 5.69 Å². The van der Waals surface area contributed by atoms with Crippen molar-refractivity contribution in [3.63, 3.8) is 0 Å². The van der Waals surface area contributed by atoms with Crippen molar-refractivity contribution < 1.29 is 9.90 Å². The molecule has 6 heteroatoms. The molecule has 1 aliphatic rings. The van der Waals surface area contributed by atoms with E-state index in [2.05, 4.69) is 20.2 Å². The molecule has 0 amide bonds. The lowest BCUT2D eigenvalue weighted by Crippen LogP contribution is -2.09. The Hall–Kier alpha value is -1.98. The molecule has 0 bridgehead atoms. The zero-order chi connectivity index (χ0) is 12.5. The highest BCUT2D eigenvalue weighted by Crippen LogP contribution is 2.31. The Morgan fingerprint density at radius 3 is 2.83 bits per heavy atom. The summed E-state index contributed by atoms with van der Waals surface area (Å²) in [4.78, 5) is 19.7. The Labute approximate surface area is 103 Å². The van der Waals surface area contributed by atoms with E-state index in [1.165, 1.54) is 19.3 Å². The molecule has 0 radical (unpaired) electrons. The van der Waals surface area contributed by atoms with Crippen molar-refractivity contribution in [1.29, 1.82) is 0 Å². The van der Waals surface area contributed by atoms with Crippen molar-refractivity contribution in [3.8, 4) is 0 Å². The van der Waals surface area contributed by atoms with Crippen LogP contribution in [0.25, 0.3) is 11.0 Å². The lowest BCUT2D eigenvalue weighted by Gasteiger charge is -2.19. The summed E-state index contributed by atoms with van der Waals surface area (Å²) in [6.45, 7) is 0. The van der Waals surface area contributed by atoms with Gasteiger partial charge in [0, 0.05) is 5.92 Å². The maximum atomic E-state index is 11.0. The molecular weight excluding hydrogens is 232 g/mol. The molecule has 1 saturated carbocycles. The third kappa shape index (κ3) is 1.83. The molecule has 0 atom stereocenters. The molecule has 0 saturated heterocycles. The fraction of sp³-hybridized carbons (Fsp3) is 0.500. The van der Waals surface area contributed by atoms with Crippen molar-refractivity contribution in [1.82, 2.24) is 20.2 Å². The molecule has 0 spiro atoms. The van der Waals surface area contributed by atoms with Crippen LogP contribution in [0.3, 0.4) is 0 Å². The van der Waals surface area contributed by atoms with Gasteiger partial charge < -0.3 is 5.11 Å². The number of carboxylic acids is 1. The summed E-state index contributed by atoms with van der Waals surface area (Å²) in [6, 6.07) is 0. The van der Waals surface area contributed by atoms with Crippen LogP contribution in [0.15, 0.2) is 6.20 Å². The predicted octanol–water partition coefficient (Wildman–Crippen LogP) is 2.10. The normalized spacial score (nSPS) is 17.1.